The lowest BCUT2D eigenvalue weighted by Crippen LogP contribution is -2.56. The van der Waals surface area contributed by atoms with Crippen molar-refractivity contribution in [3.63, 3.8) is 0 Å². The Morgan fingerprint density at radius 3 is 2.66 bits per heavy atom. The second-order valence-corrected chi connectivity index (χ2v) is 8.83. The van der Waals surface area contributed by atoms with Crippen LogP contribution in [0.5, 0.6) is 5.75 Å². The fraction of sp³-hybridized carbons (Fsp3) is 0.682. The zero-order valence-electron chi connectivity index (χ0n) is 18.2. The topological polar surface area (TPSA) is 49.3 Å². The lowest BCUT2D eigenvalue weighted by molar-refractivity contribution is -0.0105. The zero-order valence-corrected chi connectivity index (χ0v) is 19.0. The Balaban J connectivity index is 1.67. The van der Waals surface area contributed by atoms with Crippen LogP contribution in [-0.2, 0) is 11.3 Å². The molecule has 1 unspecified atom stereocenters. The molecule has 2 fully saturated rings. The van der Waals surface area contributed by atoms with Gasteiger partial charge in [-0.15, -0.1) is 0 Å². The van der Waals surface area contributed by atoms with Crippen molar-refractivity contribution in [3.05, 3.63) is 29.8 Å². The molecular formula is C22H36N4O2S. The van der Waals surface area contributed by atoms with E-state index in [4.69, 9.17) is 14.5 Å². The molecule has 1 N–H and O–H groups in total. The number of benzene rings is 1. The number of ether oxygens (including phenoxy) is 2. The van der Waals surface area contributed by atoms with Crippen LogP contribution in [-0.4, -0.2) is 85.9 Å². The first kappa shape index (κ1) is 22.2. The Labute approximate surface area is 180 Å². The minimum absolute atomic E-state index is 0.176. The van der Waals surface area contributed by atoms with Crippen molar-refractivity contribution in [1.82, 2.24) is 15.1 Å². The summed E-state index contributed by atoms with van der Waals surface area (Å²) in [6.07, 6.45) is 1.21. The van der Waals surface area contributed by atoms with Crippen LogP contribution in [0.4, 0.5) is 0 Å². The second-order valence-electron chi connectivity index (χ2n) is 7.73. The van der Waals surface area contributed by atoms with E-state index >= 15 is 0 Å². The molecule has 162 valence electrons. The van der Waals surface area contributed by atoms with Gasteiger partial charge in [-0.05, 0) is 43.7 Å². The van der Waals surface area contributed by atoms with Crippen molar-refractivity contribution >= 4 is 17.7 Å². The molecule has 0 spiro atoms. The molecule has 0 bridgehead atoms. The molecule has 1 aromatic rings. The lowest BCUT2D eigenvalue weighted by atomic mass is 9.96. The molecule has 0 radical (unpaired) electrons. The second kappa shape index (κ2) is 11.1. The maximum atomic E-state index is 5.58. The van der Waals surface area contributed by atoms with E-state index in [2.05, 4.69) is 53.0 Å². The summed E-state index contributed by atoms with van der Waals surface area (Å²) in [5.74, 6) is 4.29. The average molecular weight is 421 g/mol. The van der Waals surface area contributed by atoms with Crippen molar-refractivity contribution < 1.29 is 9.47 Å². The lowest BCUT2D eigenvalue weighted by Gasteiger charge is -2.42. The van der Waals surface area contributed by atoms with E-state index in [-0.39, 0.29) is 5.54 Å². The Hall–Kier alpha value is -1.44. The van der Waals surface area contributed by atoms with Gasteiger partial charge in [0.1, 0.15) is 5.75 Å². The molecule has 2 aliphatic heterocycles. The van der Waals surface area contributed by atoms with E-state index in [9.17, 15) is 0 Å². The smallest absolute Gasteiger partial charge is 0.194 e. The van der Waals surface area contributed by atoms with E-state index in [0.29, 0.717) is 6.61 Å². The summed E-state index contributed by atoms with van der Waals surface area (Å²) in [6.45, 7) is 11.1. The molecule has 6 nitrogen and oxygen atoms in total. The van der Waals surface area contributed by atoms with Gasteiger partial charge >= 0.3 is 0 Å². The van der Waals surface area contributed by atoms with Gasteiger partial charge < -0.3 is 19.7 Å². The van der Waals surface area contributed by atoms with Gasteiger partial charge in [0.15, 0.2) is 5.96 Å². The number of nitrogens with one attached hydrogen (secondary N) is 1. The summed E-state index contributed by atoms with van der Waals surface area (Å²) in [5.41, 5.74) is 1.43. The Morgan fingerprint density at radius 1 is 1.28 bits per heavy atom. The molecular weight excluding hydrogens is 384 g/mol. The summed E-state index contributed by atoms with van der Waals surface area (Å²) >= 11 is 2.06. The van der Waals surface area contributed by atoms with E-state index < -0.39 is 0 Å². The Kier molecular flexibility index (Phi) is 8.51. The van der Waals surface area contributed by atoms with Gasteiger partial charge in [-0.3, -0.25) is 9.89 Å². The molecule has 1 atom stereocenters. The first-order chi connectivity index (χ1) is 14.2. The van der Waals surface area contributed by atoms with Crippen molar-refractivity contribution in [3.8, 4) is 5.75 Å². The van der Waals surface area contributed by atoms with E-state index in [1.54, 1.807) is 0 Å². The molecule has 7 heteroatoms. The molecule has 29 heavy (non-hydrogen) atoms. The van der Waals surface area contributed by atoms with E-state index in [1.165, 1.54) is 23.5 Å². The van der Waals surface area contributed by atoms with Crippen LogP contribution in [0.25, 0.3) is 0 Å². The van der Waals surface area contributed by atoms with E-state index in [1.807, 2.05) is 19.1 Å². The van der Waals surface area contributed by atoms with Crippen molar-refractivity contribution in [2.24, 2.45) is 4.99 Å². The summed E-state index contributed by atoms with van der Waals surface area (Å²) in [5, 5.41) is 3.48. The standard InChI is InChI=1S/C22H36N4O2S/c1-4-23-21(25(3)16-19-6-8-20(9-7-19)28-5-2)24-17-22(10-15-29-18-22)26-11-13-27-14-12-26/h6-9H,4-5,10-18H2,1-3H3,(H,23,24). The van der Waals surface area contributed by atoms with Crippen LogP contribution < -0.4 is 10.1 Å². The third-order valence-corrected chi connectivity index (χ3v) is 6.87. The Morgan fingerprint density at radius 2 is 2.03 bits per heavy atom. The largest absolute Gasteiger partial charge is 0.494 e. The third-order valence-electron chi connectivity index (χ3n) is 5.64. The van der Waals surface area contributed by atoms with Crippen LogP contribution in [0.15, 0.2) is 29.3 Å². The molecule has 0 aromatic heterocycles. The molecule has 2 aliphatic rings. The zero-order chi connectivity index (χ0) is 20.5. The highest BCUT2D eigenvalue weighted by molar-refractivity contribution is 7.99. The number of aliphatic imine (C=N–C) groups is 1. The highest BCUT2D eigenvalue weighted by Crippen LogP contribution is 2.34. The summed E-state index contributed by atoms with van der Waals surface area (Å²) in [6, 6.07) is 8.35. The minimum atomic E-state index is 0.176. The number of hydrogen-bond acceptors (Lipinski definition) is 5. The maximum absolute atomic E-state index is 5.58. The first-order valence-corrected chi connectivity index (χ1v) is 11.9. The SMILES string of the molecule is CCNC(=NCC1(N2CCOCC2)CCSC1)N(C)Cc1ccc(OCC)cc1. The molecule has 2 heterocycles. The van der Waals surface area contributed by atoms with Crippen LogP contribution in [0, 0.1) is 0 Å². The number of hydrogen-bond donors (Lipinski definition) is 1. The van der Waals surface area contributed by atoms with Crippen molar-refractivity contribution in [2.75, 3.05) is 64.6 Å². The van der Waals surface area contributed by atoms with Crippen LogP contribution in [0.2, 0.25) is 0 Å². The third kappa shape index (κ3) is 6.03. The predicted octanol–water partition coefficient (Wildman–Crippen LogP) is 2.69. The molecule has 2 saturated heterocycles. The predicted molar refractivity (Wildman–Crippen MR) is 122 cm³/mol. The van der Waals surface area contributed by atoms with Crippen LogP contribution >= 0.6 is 11.8 Å². The van der Waals surface area contributed by atoms with Crippen molar-refractivity contribution in [2.45, 2.75) is 32.4 Å². The number of nitrogens with zero attached hydrogens (tertiary/aromatic N) is 3. The van der Waals surface area contributed by atoms with Crippen LogP contribution in [0.1, 0.15) is 25.8 Å². The summed E-state index contributed by atoms with van der Waals surface area (Å²) in [4.78, 5) is 9.93. The van der Waals surface area contributed by atoms with Crippen molar-refractivity contribution in [1.29, 1.82) is 0 Å². The number of rotatable bonds is 8. The summed E-state index contributed by atoms with van der Waals surface area (Å²) < 4.78 is 11.1. The quantitative estimate of drug-likeness (QED) is 0.515. The van der Waals surface area contributed by atoms with Gasteiger partial charge in [-0.1, -0.05) is 12.1 Å². The van der Waals surface area contributed by atoms with Gasteiger partial charge in [0, 0.05) is 39.0 Å². The van der Waals surface area contributed by atoms with Gasteiger partial charge in [-0.2, -0.15) is 11.8 Å². The minimum Gasteiger partial charge on any atom is -0.494 e. The first-order valence-electron chi connectivity index (χ1n) is 10.8. The number of thioether (sulfide) groups is 1. The van der Waals surface area contributed by atoms with Gasteiger partial charge in [-0.25, -0.2) is 0 Å². The molecule has 3 rings (SSSR count). The molecule has 1 aromatic carbocycles. The van der Waals surface area contributed by atoms with Crippen LogP contribution in [0.3, 0.4) is 0 Å². The van der Waals surface area contributed by atoms with Gasteiger partial charge in [0.05, 0.1) is 31.9 Å². The number of morpholine rings is 1. The van der Waals surface area contributed by atoms with E-state index in [0.717, 1.165) is 57.6 Å². The molecule has 0 amide bonds. The fourth-order valence-electron chi connectivity index (χ4n) is 4.01. The Bertz CT molecular complexity index is 641. The monoisotopic (exact) mass is 420 g/mol. The molecule has 0 aliphatic carbocycles. The normalized spacial score (nSPS) is 23.2. The van der Waals surface area contributed by atoms with Gasteiger partial charge in [0.25, 0.3) is 0 Å². The summed E-state index contributed by atoms with van der Waals surface area (Å²) in [7, 11) is 2.11. The highest BCUT2D eigenvalue weighted by atomic mass is 32.2. The molecule has 0 saturated carbocycles. The maximum Gasteiger partial charge on any atom is 0.194 e. The average Bonchev–Trinajstić information content (AvgIpc) is 3.23. The highest BCUT2D eigenvalue weighted by Gasteiger charge is 2.40. The number of guanidine groups is 1. The van der Waals surface area contributed by atoms with Gasteiger partial charge in [0.2, 0.25) is 0 Å². The fourth-order valence-corrected chi connectivity index (χ4v) is 5.47.